The molecular weight excluding hydrogens is 300 g/mol. The van der Waals surface area contributed by atoms with E-state index in [2.05, 4.69) is 20.2 Å². The molecule has 8 nitrogen and oxygen atoms in total. The second-order valence-electron chi connectivity index (χ2n) is 3.77. The molecule has 0 fully saturated rings. The van der Waals surface area contributed by atoms with Gasteiger partial charge in [0.25, 0.3) is 5.69 Å². The minimum atomic E-state index is -0.486. The highest BCUT2D eigenvalue weighted by atomic mass is 32.2. The van der Waals surface area contributed by atoms with Gasteiger partial charge in [0.2, 0.25) is 5.13 Å². The maximum atomic E-state index is 10.5. The van der Waals surface area contributed by atoms with E-state index in [1.165, 1.54) is 35.4 Å². The summed E-state index contributed by atoms with van der Waals surface area (Å²) in [5.74, 6) is 0. The standard InChI is InChI=1S/C10H10N6O2S2/c1-15(2)6-12-9-13-14-10(20-9)19-8-4-3-7(5-11-8)16(17)18/h3-6H,1-2H3/b12-6+. The van der Waals surface area contributed by atoms with Crippen molar-refractivity contribution in [2.75, 3.05) is 14.1 Å². The van der Waals surface area contributed by atoms with Gasteiger partial charge < -0.3 is 4.90 Å². The van der Waals surface area contributed by atoms with E-state index in [0.717, 1.165) is 0 Å². The molecule has 0 amide bonds. The Morgan fingerprint density at radius 1 is 1.45 bits per heavy atom. The number of aromatic nitrogens is 3. The Labute approximate surface area is 122 Å². The van der Waals surface area contributed by atoms with Crippen molar-refractivity contribution in [2.45, 2.75) is 9.37 Å². The number of pyridine rings is 1. The summed E-state index contributed by atoms with van der Waals surface area (Å²) < 4.78 is 0.678. The molecule has 20 heavy (non-hydrogen) atoms. The van der Waals surface area contributed by atoms with Crippen LogP contribution in [0, 0.1) is 10.1 Å². The highest BCUT2D eigenvalue weighted by molar-refractivity contribution is 8.01. The summed E-state index contributed by atoms with van der Waals surface area (Å²) >= 11 is 2.61. The van der Waals surface area contributed by atoms with Crippen molar-refractivity contribution in [3.63, 3.8) is 0 Å². The van der Waals surface area contributed by atoms with Crippen LogP contribution in [0.3, 0.4) is 0 Å². The summed E-state index contributed by atoms with van der Waals surface area (Å²) in [4.78, 5) is 20.0. The van der Waals surface area contributed by atoms with E-state index in [4.69, 9.17) is 0 Å². The lowest BCUT2D eigenvalue weighted by Crippen LogP contribution is -2.06. The van der Waals surface area contributed by atoms with Crippen LogP contribution in [0.25, 0.3) is 0 Å². The average Bonchev–Trinajstić information content (AvgIpc) is 2.84. The minimum absolute atomic E-state index is 0.0390. The zero-order valence-electron chi connectivity index (χ0n) is 10.6. The topological polar surface area (TPSA) is 97.4 Å². The van der Waals surface area contributed by atoms with Gasteiger partial charge >= 0.3 is 0 Å². The van der Waals surface area contributed by atoms with E-state index in [-0.39, 0.29) is 5.69 Å². The van der Waals surface area contributed by atoms with Gasteiger partial charge in [-0.05, 0) is 17.8 Å². The molecule has 0 radical (unpaired) electrons. The minimum Gasteiger partial charge on any atom is -0.369 e. The lowest BCUT2D eigenvalue weighted by molar-refractivity contribution is -0.385. The van der Waals surface area contributed by atoms with Crippen LogP contribution < -0.4 is 0 Å². The normalized spacial score (nSPS) is 10.9. The first-order chi connectivity index (χ1) is 9.54. The quantitative estimate of drug-likeness (QED) is 0.361. The maximum Gasteiger partial charge on any atom is 0.287 e. The largest absolute Gasteiger partial charge is 0.369 e. The number of aliphatic imine (C=N–C) groups is 1. The molecule has 2 aromatic rings. The fourth-order valence-electron chi connectivity index (χ4n) is 1.09. The van der Waals surface area contributed by atoms with Gasteiger partial charge in [0.15, 0.2) is 4.34 Å². The summed E-state index contributed by atoms with van der Waals surface area (Å²) in [5.41, 5.74) is -0.0390. The Hall–Kier alpha value is -2.07. The van der Waals surface area contributed by atoms with E-state index in [1.54, 1.807) is 17.3 Å². The van der Waals surface area contributed by atoms with Crippen molar-refractivity contribution in [3.05, 3.63) is 28.4 Å². The third-order valence-electron chi connectivity index (χ3n) is 1.92. The van der Waals surface area contributed by atoms with Gasteiger partial charge in [0, 0.05) is 20.2 Å². The van der Waals surface area contributed by atoms with Crippen LogP contribution in [-0.2, 0) is 0 Å². The zero-order chi connectivity index (χ0) is 14.5. The van der Waals surface area contributed by atoms with Crippen LogP contribution in [0.1, 0.15) is 0 Å². The number of rotatable bonds is 5. The molecule has 0 unspecified atom stereocenters. The number of nitro groups is 1. The summed E-state index contributed by atoms with van der Waals surface area (Å²) in [7, 11) is 3.72. The van der Waals surface area contributed by atoms with E-state index >= 15 is 0 Å². The van der Waals surface area contributed by atoms with Gasteiger partial charge in [-0.25, -0.2) is 9.98 Å². The smallest absolute Gasteiger partial charge is 0.287 e. The Balaban J connectivity index is 2.05. The number of hydrogen-bond donors (Lipinski definition) is 0. The Morgan fingerprint density at radius 2 is 2.25 bits per heavy atom. The number of nitrogens with zero attached hydrogens (tertiary/aromatic N) is 6. The van der Waals surface area contributed by atoms with Crippen LogP contribution >= 0.6 is 23.1 Å². The SMILES string of the molecule is CN(C)/C=N/c1nnc(Sc2ccc([N+](=O)[O-])cn2)s1. The van der Waals surface area contributed by atoms with Crippen LogP contribution in [-0.4, -0.2) is 45.4 Å². The molecule has 0 aliphatic rings. The molecule has 0 saturated carbocycles. The Bertz CT molecular complexity index is 625. The molecule has 0 aromatic carbocycles. The highest BCUT2D eigenvalue weighted by Gasteiger charge is 2.09. The molecule has 0 aliphatic heterocycles. The predicted molar refractivity (Wildman–Crippen MR) is 76.8 cm³/mol. The van der Waals surface area contributed by atoms with E-state index in [9.17, 15) is 10.1 Å². The summed E-state index contributed by atoms with van der Waals surface area (Å²) in [6.07, 6.45) is 2.85. The highest BCUT2D eigenvalue weighted by Crippen LogP contribution is 2.32. The van der Waals surface area contributed by atoms with Crippen molar-refractivity contribution >= 4 is 40.3 Å². The lowest BCUT2D eigenvalue weighted by Gasteiger charge is -1.99. The zero-order valence-corrected chi connectivity index (χ0v) is 12.3. The van der Waals surface area contributed by atoms with Gasteiger partial charge in [0.1, 0.15) is 11.2 Å². The molecule has 0 spiro atoms. The first-order valence-corrected chi connectivity index (χ1v) is 7.00. The summed E-state index contributed by atoms with van der Waals surface area (Å²) in [6, 6.07) is 2.98. The van der Waals surface area contributed by atoms with E-state index in [0.29, 0.717) is 14.5 Å². The fourth-order valence-corrected chi connectivity index (χ4v) is 2.66. The Kier molecular flexibility index (Phi) is 4.58. The molecule has 0 atom stereocenters. The molecule has 2 heterocycles. The fraction of sp³-hybridized carbons (Fsp3) is 0.200. The molecule has 2 aromatic heterocycles. The van der Waals surface area contributed by atoms with Crippen molar-refractivity contribution in [1.29, 1.82) is 0 Å². The maximum absolute atomic E-state index is 10.5. The number of hydrogen-bond acceptors (Lipinski definition) is 8. The van der Waals surface area contributed by atoms with Gasteiger partial charge in [-0.1, -0.05) is 11.3 Å². The van der Waals surface area contributed by atoms with Gasteiger partial charge in [-0.3, -0.25) is 10.1 Å². The molecule has 104 valence electrons. The molecule has 0 N–H and O–H groups in total. The van der Waals surface area contributed by atoms with Crippen LogP contribution in [0.5, 0.6) is 0 Å². The summed E-state index contributed by atoms with van der Waals surface area (Å²) in [5, 5.41) is 19.6. The predicted octanol–water partition coefficient (Wildman–Crippen LogP) is 2.21. The van der Waals surface area contributed by atoms with Crippen LogP contribution in [0.2, 0.25) is 0 Å². The van der Waals surface area contributed by atoms with Crippen LogP contribution in [0.4, 0.5) is 10.8 Å². The van der Waals surface area contributed by atoms with Crippen molar-refractivity contribution in [3.8, 4) is 0 Å². The van der Waals surface area contributed by atoms with Crippen molar-refractivity contribution < 1.29 is 4.92 Å². The third kappa shape index (κ3) is 3.96. The van der Waals surface area contributed by atoms with Crippen molar-refractivity contribution in [1.82, 2.24) is 20.1 Å². The Morgan fingerprint density at radius 3 is 2.85 bits per heavy atom. The van der Waals surface area contributed by atoms with Gasteiger partial charge in [-0.15, -0.1) is 10.2 Å². The lowest BCUT2D eigenvalue weighted by atomic mass is 10.4. The third-order valence-corrected chi connectivity index (χ3v) is 3.75. The van der Waals surface area contributed by atoms with Gasteiger partial charge in [0.05, 0.1) is 11.3 Å². The van der Waals surface area contributed by atoms with Crippen molar-refractivity contribution in [2.24, 2.45) is 4.99 Å². The van der Waals surface area contributed by atoms with Gasteiger partial charge in [-0.2, -0.15) is 0 Å². The average molecular weight is 310 g/mol. The summed E-state index contributed by atoms with van der Waals surface area (Å²) in [6.45, 7) is 0. The second kappa shape index (κ2) is 6.39. The molecule has 10 heteroatoms. The second-order valence-corrected chi connectivity index (χ2v) is 6.00. The monoisotopic (exact) mass is 310 g/mol. The first kappa shape index (κ1) is 14.3. The molecule has 0 saturated heterocycles. The van der Waals surface area contributed by atoms with E-state index < -0.39 is 4.92 Å². The molecular formula is C10H10N6O2S2. The molecule has 0 bridgehead atoms. The van der Waals surface area contributed by atoms with E-state index in [1.807, 2.05) is 14.1 Å². The molecule has 2 rings (SSSR count). The van der Waals surface area contributed by atoms with Crippen LogP contribution in [0.15, 0.2) is 32.7 Å². The first-order valence-electron chi connectivity index (χ1n) is 5.37. The molecule has 0 aliphatic carbocycles.